The van der Waals surface area contributed by atoms with Gasteiger partial charge in [-0.3, -0.25) is 4.79 Å². The number of aromatic amines is 1. The Balaban J connectivity index is 2.34. The Kier molecular flexibility index (Phi) is 3.52. The number of hydrogen-bond acceptors (Lipinski definition) is 5. The van der Waals surface area contributed by atoms with Gasteiger partial charge in [0.1, 0.15) is 10.2 Å². The second-order valence-corrected chi connectivity index (χ2v) is 4.15. The monoisotopic (exact) mass is 311 g/mol. The number of nitrogens with two attached hydrogens (primary N) is 1. The number of ether oxygens (including phenoxy) is 2. The summed E-state index contributed by atoms with van der Waals surface area (Å²) < 4.78 is 10.7. The van der Waals surface area contributed by atoms with Crippen LogP contribution in [-0.4, -0.2) is 17.1 Å². The highest BCUT2D eigenvalue weighted by Gasteiger charge is 2.10. The molecule has 2 aromatic rings. The molecule has 7 heteroatoms. The van der Waals surface area contributed by atoms with Gasteiger partial charge in [0, 0.05) is 6.07 Å². The molecule has 0 aliphatic rings. The molecule has 1 heterocycles. The molecule has 0 spiro atoms. The largest absolute Gasteiger partial charge is 0.497 e. The highest BCUT2D eigenvalue weighted by Crippen LogP contribution is 2.31. The molecule has 0 unspecified atom stereocenters. The van der Waals surface area contributed by atoms with Gasteiger partial charge in [0.15, 0.2) is 5.75 Å². The Hall–Kier alpha value is -2.02. The average molecular weight is 312 g/mol. The van der Waals surface area contributed by atoms with Gasteiger partial charge < -0.3 is 20.2 Å². The Morgan fingerprint density at radius 3 is 2.89 bits per heavy atom. The molecule has 0 aliphatic heterocycles. The first-order valence-electron chi connectivity index (χ1n) is 4.96. The van der Waals surface area contributed by atoms with E-state index in [9.17, 15) is 4.79 Å². The van der Waals surface area contributed by atoms with E-state index in [1.807, 2.05) is 0 Å². The van der Waals surface area contributed by atoms with Gasteiger partial charge in [-0.2, -0.15) is 0 Å². The van der Waals surface area contributed by atoms with Crippen LogP contribution in [0.5, 0.6) is 17.4 Å². The van der Waals surface area contributed by atoms with Crippen LogP contribution in [0, 0.1) is 0 Å². The number of H-pyrrole nitrogens is 1. The Morgan fingerprint density at radius 2 is 2.22 bits per heavy atom. The van der Waals surface area contributed by atoms with E-state index in [1.165, 1.54) is 6.33 Å². The lowest BCUT2D eigenvalue weighted by Gasteiger charge is -2.09. The molecule has 0 saturated heterocycles. The van der Waals surface area contributed by atoms with Crippen LogP contribution in [0.15, 0.2) is 33.8 Å². The molecule has 6 nitrogen and oxygen atoms in total. The van der Waals surface area contributed by atoms with E-state index in [4.69, 9.17) is 15.2 Å². The van der Waals surface area contributed by atoms with Gasteiger partial charge in [0.05, 0.1) is 19.1 Å². The van der Waals surface area contributed by atoms with Crippen molar-refractivity contribution in [1.82, 2.24) is 9.97 Å². The van der Waals surface area contributed by atoms with E-state index in [1.54, 1.807) is 25.3 Å². The number of methoxy groups -OCH3 is 1. The van der Waals surface area contributed by atoms with E-state index >= 15 is 0 Å². The van der Waals surface area contributed by atoms with Gasteiger partial charge in [-0.05, 0) is 28.1 Å². The van der Waals surface area contributed by atoms with Crippen LogP contribution in [0.25, 0.3) is 0 Å². The smallest absolute Gasteiger partial charge is 0.268 e. The molecule has 0 aliphatic carbocycles. The first-order valence-corrected chi connectivity index (χ1v) is 5.75. The van der Waals surface area contributed by atoms with Crippen molar-refractivity contribution in [3.05, 3.63) is 39.4 Å². The van der Waals surface area contributed by atoms with Crippen LogP contribution < -0.4 is 20.8 Å². The van der Waals surface area contributed by atoms with Crippen molar-refractivity contribution < 1.29 is 9.47 Å². The van der Waals surface area contributed by atoms with Crippen LogP contribution in [-0.2, 0) is 0 Å². The van der Waals surface area contributed by atoms with E-state index in [0.29, 0.717) is 17.2 Å². The fourth-order valence-electron chi connectivity index (χ4n) is 1.29. The summed E-state index contributed by atoms with van der Waals surface area (Å²) >= 11 is 3.09. The SMILES string of the molecule is COc1ccc(Oc2nc[nH]c(=O)c2Br)c(N)c1. The van der Waals surface area contributed by atoms with Crippen LogP contribution >= 0.6 is 15.9 Å². The lowest BCUT2D eigenvalue weighted by molar-refractivity contribution is 0.412. The minimum Gasteiger partial charge on any atom is -0.497 e. The van der Waals surface area contributed by atoms with Gasteiger partial charge in [-0.25, -0.2) is 4.98 Å². The van der Waals surface area contributed by atoms with Crippen molar-refractivity contribution in [1.29, 1.82) is 0 Å². The van der Waals surface area contributed by atoms with Crippen LogP contribution in [0.3, 0.4) is 0 Å². The Labute approximate surface area is 111 Å². The van der Waals surface area contributed by atoms with Crippen molar-refractivity contribution in [2.75, 3.05) is 12.8 Å². The third kappa shape index (κ3) is 2.45. The van der Waals surface area contributed by atoms with Crippen molar-refractivity contribution in [3.63, 3.8) is 0 Å². The molecule has 2 rings (SSSR count). The zero-order valence-electron chi connectivity index (χ0n) is 9.44. The summed E-state index contributed by atoms with van der Waals surface area (Å²) in [7, 11) is 1.55. The first kappa shape index (κ1) is 12.4. The second kappa shape index (κ2) is 5.09. The first-order chi connectivity index (χ1) is 8.61. The molecule has 0 amide bonds. The molecule has 0 bridgehead atoms. The maximum Gasteiger partial charge on any atom is 0.268 e. The number of benzene rings is 1. The number of nitrogens with zero attached hydrogens (tertiary/aromatic N) is 1. The zero-order valence-corrected chi connectivity index (χ0v) is 11.0. The topological polar surface area (TPSA) is 90.2 Å². The molecule has 0 saturated carbocycles. The van der Waals surface area contributed by atoms with Gasteiger partial charge in [0.25, 0.3) is 5.56 Å². The standard InChI is InChI=1S/C11H10BrN3O3/c1-17-6-2-3-8(7(13)4-6)18-11-9(12)10(16)14-5-15-11/h2-5H,13H2,1H3,(H,14,15,16). The second-order valence-electron chi connectivity index (χ2n) is 3.36. The Bertz CT molecular complexity index is 627. The van der Waals surface area contributed by atoms with Crippen molar-refractivity contribution >= 4 is 21.6 Å². The number of hydrogen-bond donors (Lipinski definition) is 2. The predicted octanol–water partition coefficient (Wildman–Crippen LogP) is 1.92. The number of halogens is 1. The predicted molar refractivity (Wildman–Crippen MR) is 70.0 cm³/mol. The van der Waals surface area contributed by atoms with E-state index in [2.05, 4.69) is 25.9 Å². The summed E-state index contributed by atoms with van der Waals surface area (Å²) in [6, 6.07) is 4.96. The maximum atomic E-state index is 11.3. The number of aromatic nitrogens is 2. The molecule has 0 radical (unpaired) electrons. The number of nitrogen functional groups attached to an aromatic ring is 1. The van der Waals surface area contributed by atoms with Gasteiger partial charge in [-0.1, -0.05) is 0 Å². The molecule has 18 heavy (non-hydrogen) atoms. The summed E-state index contributed by atoms with van der Waals surface area (Å²) in [6.45, 7) is 0. The summed E-state index contributed by atoms with van der Waals surface area (Å²) in [6.07, 6.45) is 1.25. The lowest BCUT2D eigenvalue weighted by atomic mass is 10.3. The van der Waals surface area contributed by atoms with E-state index < -0.39 is 0 Å². The minimum absolute atomic E-state index is 0.149. The third-order valence-corrected chi connectivity index (χ3v) is 2.89. The minimum atomic E-state index is -0.327. The van der Waals surface area contributed by atoms with Crippen molar-refractivity contribution in [2.45, 2.75) is 0 Å². The third-order valence-electron chi connectivity index (χ3n) is 2.19. The van der Waals surface area contributed by atoms with Crippen LogP contribution in [0.2, 0.25) is 0 Å². The molecule has 0 fully saturated rings. The fraction of sp³-hybridized carbons (Fsp3) is 0.0909. The lowest BCUT2D eigenvalue weighted by Crippen LogP contribution is -2.08. The van der Waals surface area contributed by atoms with Crippen LogP contribution in [0.4, 0.5) is 5.69 Å². The molecule has 3 N–H and O–H groups in total. The molecular formula is C11H10BrN3O3. The van der Waals surface area contributed by atoms with Crippen molar-refractivity contribution in [2.24, 2.45) is 0 Å². The molecule has 1 aromatic heterocycles. The highest BCUT2D eigenvalue weighted by molar-refractivity contribution is 9.10. The summed E-state index contributed by atoms with van der Waals surface area (Å²) in [4.78, 5) is 17.7. The van der Waals surface area contributed by atoms with Gasteiger partial charge in [-0.15, -0.1) is 0 Å². The number of nitrogens with one attached hydrogen (secondary N) is 1. The number of rotatable bonds is 3. The normalized spacial score (nSPS) is 10.1. The fourth-order valence-corrected chi connectivity index (χ4v) is 1.59. The average Bonchev–Trinajstić information content (AvgIpc) is 2.37. The molecular weight excluding hydrogens is 302 g/mol. The summed E-state index contributed by atoms with van der Waals surface area (Å²) in [5.74, 6) is 1.17. The molecule has 1 aromatic carbocycles. The molecule has 94 valence electrons. The number of anilines is 1. The zero-order chi connectivity index (χ0) is 13.1. The van der Waals surface area contributed by atoms with Crippen LogP contribution in [0.1, 0.15) is 0 Å². The molecule has 0 atom stereocenters. The highest BCUT2D eigenvalue weighted by atomic mass is 79.9. The maximum absolute atomic E-state index is 11.3. The van der Waals surface area contributed by atoms with E-state index in [-0.39, 0.29) is 15.9 Å². The summed E-state index contributed by atoms with van der Waals surface area (Å²) in [5, 5.41) is 0. The van der Waals surface area contributed by atoms with E-state index in [0.717, 1.165) is 0 Å². The Morgan fingerprint density at radius 1 is 1.44 bits per heavy atom. The van der Waals surface area contributed by atoms with Crippen molar-refractivity contribution in [3.8, 4) is 17.4 Å². The summed E-state index contributed by atoms with van der Waals surface area (Å²) in [5.41, 5.74) is 5.86. The van der Waals surface area contributed by atoms with Gasteiger partial charge in [0.2, 0.25) is 5.88 Å². The van der Waals surface area contributed by atoms with Gasteiger partial charge >= 0.3 is 0 Å². The quantitative estimate of drug-likeness (QED) is 0.845.